The second kappa shape index (κ2) is 5.08. The van der Waals surface area contributed by atoms with Gasteiger partial charge in [-0.2, -0.15) is 11.8 Å². The first kappa shape index (κ1) is 12.9. The van der Waals surface area contributed by atoms with Gasteiger partial charge in [0.15, 0.2) is 0 Å². The van der Waals surface area contributed by atoms with Gasteiger partial charge in [-0.05, 0) is 43.7 Å². The van der Waals surface area contributed by atoms with E-state index in [-0.39, 0.29) is 0 Å². The lowest BCUT2D eigenvalue weighted by Crippen LogP contribution is -2.26. The van der Waals surface area contributed by atoms with E-state index in [4.69, 9.17) is 5.73 Å². The molecule has 2 unspecified atom stereocenters. The van der Waals surface area contributed by atoms with Crippen molar-refractivity contribution in [3.05, 3.63) is 23.8 Å². The Bertz CT molecular complexity index is 590. The number of benzene rings is 1. The third-order valence-corrected chi connectivity index (χ3v) is 5.33. The lowest BCUT2D eigenvalue weighted by molar-refractivity contribution is 0.374. The Balaban J connectivity index is 2.12. The van der Waals surface area contributed by atoms with E-state index in [2.05, 4.69) is 40.9 Å². The van der Waals surface area contributed by atoms with Crippen LogP contribution < -0.4 is 5.73 Å². The number of hydrogen-bond donors (Lipinski definition) is 1. The predicted octanol–water partition coefficient (Wildman–Crippen LogP) is 3.77. The van der Waals surface area contributed by atoms with Gasteiger partial charge in [-0.15, -0.1) is 0 Å². The van der Waals surface area contributed by atoms with Crippen LogP contribution in [-0.2, 0) is 0 Å². The molecule has 2 atom stereocenters. The van der Waals surface area contributed by atoms with Crippen LogP contribution in [0.1, 0.15) is 37.3 Å². The van der Waals surface area contributed by atoms with Crippen LogP contribution in [-0.4, -0.2) is 21.1 Å². The molecule has 2 N–H and O–H groups in total. The van der Waals surface area contributed by atoms with Crippen LogP contribution in [0.25, 0.3) is 11.0 Å². The lowest BCUT2D eigenvalue weighted by Gasteiger charge is -2.32. The van der Waals surface area contributed by atoms with Gasteiger partial charge < -0.3 is 10.3 Å². The van der Waals surface area contributed by atoms with Crippen molar-refractivity contribution in [1.29, 1.82) is 0 Å². The van der Waals surface area contributed by atoms with E-state index in [0.717, 1.165) is 5.52 Å². The number of aryl methyl sites for hydroxylation is 1. The van der Waals surface area contributed by atoms with Crippen LogP contribution in [0.2, 0.25) is 0 Å². The van der Waals surface area contributed by atoms with Gasteiger partial charge in [-0.1, -0.05) is 18.9 Å². The highest BCUT2D eigenvalue weighted by Gasteiger charge is 2.28. The van der Waals surface area contributed by atoms with E-state index >= 15 is 0 Å². The molecule has 19 heavy (non-hydrogen) atoms. The number of anilines is 1. The first-order chi connectivity index (χ1) is 9.20. The third kappa shape index (κ3) is 2.22. The minimum absolute atomic E-state index is 0.496. The summed E-state index contributed by atoms with van der Waals surface area (Å²) < 4.78 is 2.28. The average molecular weight is 275 g/mol. The maximum absolute atomic E-state index is 6.19. The van der Waals surface area contributed by atoms with Gasteiger partial charge in [0.05, 0.1) is 11.0 Å². The molecule has 1 fully saturated rings. The second-order valence-corrected chi connectivity index (χ2v) is 6.54. The van der Waals surface area contributed by atoms with Crippen molar-refractivity contribution in [2.75, 3.05) is 12.0 Å². The summed E-state index contributed by atoms with van der Waals surface area (Å²) in [6.07, 6.45) is 7.36. The van der Waals surface area contributed by atoms with E-state index in [1.807, 2.05) is 11.8 Å². The fraction of sp³-hybridized carbons (Fsp3) is 0.533. The number of thioether (sulfide) groups is 1. The fourth-order valence-electron chi connectivity index (χ4n) is 3.22. The maximum atomic E-state index is 6.19. The highest BCUT2D eigenvalue weighted by molar-refractivity contribution is 7.99. The van der Waals surface area contributed by atoms with Gasteiger partial charge in [-0.25, -0.2) is 4.98 Å². The SMILES string of the molecule is CSC1CCCCC1n1c(N)nc2ccc(C)cc21. The Morgan fingerprint density at radius 1 is 1.32 bits per heavy atom. The van der Waals surface area contributed by atoms with Gasteiger partial charge in [0.25, 0.3) is 0 Å². The summed E-state index contributed by atoms with van der Waals surface area (Å²) >= 11 is 1.97. The zero-order chi connectivity index (χ0) is 13.4. The molecule has 1 aromatic carbocycles. The molecule has 3 rings (SSSR count). The van der Waals surface area contributed by atoms with E-state index < -0.39 is 0 Å². The molecule has 0 saturated heterocycles. The molecule has 2 aromatic rings. The molecule has 3 nitrogen and oxygen atoms in total. The largest absolute Gasteiger partial charge is 0.369 e. The topological polar surface area (TPSA) is 43.8 Å². The van der Waals surface area contributed by atoms with Crippen LogP contribution in [0.15, 0.2) is 18.2 Å². The molecule has 1 heterocycles. The maximum Gasteiger partial charge on any atom is 0.201 e. The second-order valence-electron chi connectivity index (χ2n) is 5.46. The van der Waals surface area contributed by atoms with Gasteiger partial charge in [0.1, 0.15) is 0 Å². The van der Waals surface area contributed by atoms with E-state index in [1.54, 1.807) is 0 Å². The molecule has 102 valence electrons. The molecule has 0 amide bonds. The molecule has 0 aliphatic heterocycles. The number of nitrogens with two attached hydrogens (primary N) is 1. The summed E-state index contributed by atoms with van der Waals surface area (Å²) in [5, 5.41) is 0.661. The molecule has 4 heteroatoms. The van der Waals surface area contributed by atoms with E-state index in [9.17, 15) is 0 Å². The van der Waals surface area contributed by atoms with Crippen molar-refractivity contribution in [3.8, 4) is 0 Å². The number of imidazole rings is 1. The molecule has 1 aliphatic rings. The average Bonchev–Trinajstić information content (AvgIpc) is 2.74. The quantitative estimate of drug-likeness (QED) is 0.907. The Labute approximate surface area is 118 Å². The van der Waals surface area contributed by atoms with E-state index in [1.165, 1.54) is 36.8 Å². The van der Waals surface area contributed by atoms with Gasteiger partial charge in [-0.3, -0.25) is 0 Å². The summed E-state index contributed by atoms with van der Waals surface area (Å²) in [5.41, 5.74) is 9.68. The molecular formula is C15H21N3S. The smallest absolute Gasteiger partial charge is 0.201 e. The van der Waals surface area contributed by atoms with Crippen molar-refractivity contribution in [3.63, 3.8) is 0 Å². The molecule has 0 bridgehead atoms. The van der Waals surface area contributed by atoms with Crippen LogP contribution in [0.4, 0.5) is 5.95 Å². The minimum atomic E-state index is 0.496. The predicted molar refractivity (Wildman–Crippen MR) is 83.7 cm³/mol. The van der Waals surface area contributed by atoms with Crippen LogP contribution in [0.3, 0.4) is 0 Å². The van der Waals surface area contributed by atoms with Crippen molar-refractivity contribution in [2.24, 2.45) is 0 Å². The highest BCUT2D eigenvalue weighted by atomic mass is 32.2. The highest BCUT2D eigenvalue weighted by Crippen LogP contribution is 2.38. The van der Waals surface area contributed by atoms with Gasteiger partial charge >= 0.3 is 0 Å². The Morgan fingerprint density at radius 3 is 2.89 bits per heavy atom. The molecule has 0 spiro atoms. The number of nitrogen functional groups attached to an aromatic ring is 1. The lowest BCUT2D eigenvalue weighted by atomic mass is 9.94. The molecule has 1 aliphatic carbocycles. The third-order valence-electron chi connectivity index (χ3n) is 4.17. The fourth-order valence-corrected chi connectivity index (χ4v) is 4.19. The Kier molecular flexibility index (Phi) is 3.44. The first-order valence-electron chi connectivity index (χ1n) is 6.97. The normalized spacial score (nSPS) is 23.9. The Hall–Kier alpha value is -1.16. The number of rotatable bonds is 2. The van der Waals surface area contributed by atoms with Gasteiger partial charge in [0, 0.05) is 11.3 Å². The van der Waals surface area contributed by atoms with Crippen LogP contribution >= 0.6 is 11.8 Å². The zero-order valence-electron chi connectivity index (χ0n) is 11.6. The van der Waals surface area contributed by atoms with Crippen molar-refractivity contribution >= 4 is 28.7 Å². The zero-order valence-corrected chi connectivity index (χ0v) is 12.4. The summed E-state index contributed by atoms with van der Waals surface area (Å²) in [7, 11) is 0. The number of fused-ring (bicyclic) bond motifs is 1. The van der Waals surface area contributed by atoms with Gasteiger partial charge in [0.2, 0.25) is 5.95 Å². The number of aromatic nitrogens is 2. The molecular weight excluding hydrogens is 254 g/mol. The van der Waals surface area contributed by atoms with E-state index in [0.29, 0.717) is 17.2 Å². The van der Waals surface area contributed by atoms with Crippen molar-refractivity contribution in [1.82, 2.24) is 9.55 Å². The standard InChI is InChI=1S/C15H21N3S/c1-10-7-8-11-13(9-10)18(15(16)17-11)12-5-3-4-6-14(12)19-2/h7-9,12,14H,3-6H2,1-2H3,(H2,16,17). The molecule has 1 aromatic heterocycles. The summed E-state index contributed by atoms with van der Waals surface area (Å²) in [6.45, 7) is 2.12. The molecule has 1 saturated carbocycles. The summed E-state index contributed by atoms with van der Waals surface area (Å²) in [6, 6.07) is 6.89. The first-order valence-corrected chi connectivity index (χ1v) is 8.26. The number of nitrogens with zero attached hydrogens (tertiary/aromatic N) is 2. The van der Waals surface area contributed by atoms with Crippen LogP contribution in [0.5, 0.6) is 0 Å². The summed E-state index contributed by atoms with van der Waals surface area (Å²) in [5.74, 6) is 0.673. The minimum Gasteiger partial charge on any atom is -0.369 e. The number of hydrogen-bond acceptors (Lipinski definition) is 3. The summed E-state index contributed by atoms with van der Waals surface area (Å²) in [4.78, 5) is 4.53. The molecule has 0 radical (unpaired) electrons. The monoisotopic (exact) mass is 275 g/mol. The van der Waals surface area contributed by atoms with Crippen LogP contribution in [0, 0.1) is 6.92 Å². The Morgan fingerprint density at radius 2 is 2.11 bits per heavy atom. The van der Waals surface area contributed by atoms with Crippen molar-refractivity contribution in [2.45, 2.75) is 43.9 Å². The van der Waals surface area contributed by atoms with Crippen molar-refractivity contribution < 1.29 is 0 Å².